The average molecular weight is 162 g/mol. The number of amides is 4. The summed E-state index contributed by atoms with van der Waals surface area (Å²) >= 11 is 0. The molecule has 0 saturated heterocycles. The SMILES string of the molecule is C=CC.NC(N)=O.NC(N)=O. The summed E-state index contributed by atoms with van der Waals surface area (Å²) in [5.41, 5.74) is 17.0. The molecule has 0 bridgehead atoms. The Morgan fingerprint density at radius 2 is 1.09 bits per heavy atom. The molecule has 0 saturated carbocycles. The molecule has 0 fully saturated rings. The van der Waals surface area contributed by atoms with Crippen LogP contribution in [0.3, 0.4) is 0 Å². The lowest BCUT2D eigenvalue weighted by molar-refractivity contribution is 0.255. The first-order valence-electron chi connectivity index (χ1n) is 2.55. The Morgan fingerprint density at radius 3 is 1.09 bits per heavy atom. The number of allylic oxidation sites excluding steroid dienone is 1. The molecule has 0 spiro atoms. The van der Waals surface area contributed by atoms with Gasteiger partial charge in [-0.15, -0.1) is 6.58 Å². The minimum Gasteiger partial charge on any atom is -0.352 e. The lowest BCUT2D eigenvalue weighted by atomic mass is 10.8. The number of carbonyl (C=O) groups is 2. The van der Waals surface area contributed by atoms with E-state index in [2.05, 4.69) is 29.5 Å². The van der Waals surface area contributed by atoms with Crippen LogP contribution >= 0.6 is 0 Å². The lowest BCUT2D eigenvalue weighted by Crippen LogP contribution is -2.18. The Balaban J connectivity index is -0.0000000886. The molecule has 11 heavy (non-hydrogen) atoms. The lowest BCUT2D eigenvalue weighted by Gasteiger charge is -1.62. The predicted octanol–water partition coefficient (Wildman–Crippen LogP) is -0.760. The number of primary amides is 4. The molecule has 6 nitrogen and oxygen atoms in total. The normalized spacial score (nSPS) is 5.55. The van der Waals surface area contributed by atoms with Gasteiger partial charge in [0.05, 0.1) is 0 Å². The first kappa shape index (κ1) is 16.1. The number of nitrogens with two attached hydrogens (primary N) is 4. The van der Waals surface area contributed by atoms with Crippen LogP contribution in [0.1, 0.15) is 6.92 Å². The maximum absolute atomic E-state index is 9.00. The van der Waals surface area contributed by atoms with Gasteiger partial charge in [0.2, 0.25) is 0 Å². The first-order valence-corrected chi connectivity index (χ1v) is 2.55. The third kappa shape index (κ3) is 110. The van der Waals surface area contributed by atoms with E-state index in [1.54, 1.807) is 6.08 Å². The summed E-state index contributed by atoms with van der Waals surface area (Å²) in [6.45, 7) is 5.25. The minimum atomic E-state index is -0.833. The molecule has 0 rings (SSSR count). The molecule has 0 unspecified atom stereocenters. The van der Waals surface area contributed by atoms with E-state index >= 15 is 0 Å². The molecule has 0 aromatic heterocycles. The predicted molar refractivity (Wildman–Crippen MR) is 43.4 cm³/mol. The van der Waals surface area contributed by atoms with Crippen molar-refractivity contribution in [2.45, 2.75) is 6.92 Å². The average Bonchev–Trinajstić information content (AvgIpc) is 1.60. The maximum Gasteiger partial charge on any atom is 0.309 e. The first-order chi connectivity index (χ1) is 4.88. The van der Waals surface area contributed by atoms with E-state index in [9.17, 15) is 0 Å². The van der Waals surface area contributed by atoms with Crippen molar-refractivity contribution in [3.05, 3.63) is 12.7 Å². The van der Waals surface area contributed by atoms with Crippen molar-refractivity contribution in [3.8, 4) is 0 Å². The number of rotatable bonds is 0. The molecule has 0 aromatic rings. The van der Waals surface area contributed by atoms with Crippen molar-refractivity contribution in [1.82, 2.24) is 0 Å². The van der Waals surface area contributed by atoms with Crippen LogP contribution in [-0.4, -0.2) is 12.1 Å². The Labute approximate surface area is 65.2 Å². The van der Waals surface area contributed by atoms with Crippen LogP contribution in [0.4, 0.5) is 9.59 Å². The third-order valence-electron chi connectivity index (χ3n) is 0. The summed E-state index contributed by atoms with van der Waals surface area (Å²) in [6, 6.07) is -1.67. The second-order valence-corrected chi connectivity index (χ2v) is 1.21. The summed E-state index contributed by atoms with van der Waals surface area (Å²) in [6.07, 6.45) is 1.75. The number of urea groups is 2. The van der Waals surface area contributed by atoms with Gasteiger partial charge in [-0.05, 0) is 6.92 Å². The molecule has 0 aliphatic rings. The molecule has 8 N–H and O–H groups in total. The zero-order chi connectivity index (χ0) is 9.86. The van der Waals surface area contributed by atoms with Gasteiger partial charge >= 0.3 is 12.1 Å². The van der Waals surface area contributed by atoms with Gasteiger partial charge in [0, 0.05) is 0 Å². The van der Waals surface area contributed by atoms with Crippen LogP contribution in [0.25, 0.3) is 0 Å². The Hall–Kier alpha value is -1.72. The quantitative estimate of drug-likeness (QED) is 0.348. The molecule has 0 aromatic carbocycles. The number of hydrogen-bond acceptors (Lipinski definition) is 2. The largest absolute Gasteiger partial charge is 0.352 e. The fourth-order valence-corrected chi connectivity index (χ4v) is 0. The third-order valence-corrected chi connectivity index (χ3v) is 0. The van der Waals surface area contributed by atoms with Crippen molar-refractivity contribution in [3.63, 3.8) is 0 Å². The van der Waals surface area contributed by atoms with Gasteiger partial charge in [0.15, 0.2) is 0 Å². The van der Waals surface area contributed by atoms with Crippen LogP contribution in [0.15, 0.2) is 12.7 Å². The standard InChI is InChI=1S/C3H6.2CH4N2O/c1-3-2;2*2-1(3)4/h3H,1H2,2H3;2*(H4,2,3,4). The fraction of sp³-hybridized carbons (Fsp3) is 0.200. The van der Waals surface area contributed by atoms with E-state index in [1.807, 2.05) is 6.92 Å². The minimum absolute atomic E-state index is 0.833. The van der Waals surface area contributed by atoms with E-state index in [1.165, 1.54) is 0 Å². The topological polar surface area (TPSA) is 138 Å². The zero-order valence-corrected chi connectivity index (χ0v) is 6.41. The molecule has 66 valence electrons. The van der Waals surface area contributed by atoms with Crippen molar-refractivity contribution >= 4 is 12.1 Å². The van der Waals surface area contributed by atoms with Crippen LogP contribution in [0.5, 0.6) is 0 Å². The Kier molecular flexibility index (Phi) is 23.1. The highest BCUT2D eigenvalue weighted by atomic mass is 16.2. The summed E-state index contributed by atoms with van der Waals surface area (Å²) in [4.78, 5) is 18.0. The molecule has 0 atom stereocenters. The molecular weight excluding hydrogens is 148 g/mol. The Morgan fingerprint density at radius 1 is 1.09 bits per heavy atom. The monoisotopic (exact) mass is 162 g/mol. The molecule has 6 heteroatoms. The summed E-state index contributed by atoms with van der Waals surface area (Å²) in [7, 11) is 0. The van der Waals surface area contributed by atoms with Gasteiger partial charge < -0.3 is 22.9 Å². The number of carbonyl (C=O) groups excluding carboxylic acids is 2. The van der Waals surface area contributed by atoms with Gasteiger partial charge in [-0.2, -0.15) is 0 Å². The van der Waals surface area contributed by atoms with Gasteiger partial charge in [-0.25, -0.2) is 9.59 Å². The highest BCUT2D eigenvalue weighted by molar-refractivity contribution is 5.69. The second-order valence-electron chi connectivity index (χ2n) is 1.21. The maximum atomic E-state index is 9.00. The van der Waals surface area contributed by atoms with Gasteiger partial charge in [0.1, 0.15) is 0 Å². The highest BCUT2D eigenvalue weighted by Gasteiger charge is 1.61. The van der Waals surface area contributed by atoms with E-state index in [0.29, 0.717) is 0 Å². The molecule has 0 heterocycles. The van der Waals surface area contributed by atoms with Crippen molar-refractivity contribution in [2.75, 3.05) is 0 Å². The van der Waals surface area contributed by atoms with E-state index in [4.69, 9.17) is 9.59 Å². The van der Waals surface area contributed by atoms with E-state index in [0.717, 1.165) is 0 Å². The van der Waals surface area contributed by atoms with Crippen LogP contribution < -0.4 is 22.9 Å². The second kappa shape index (κ2) is 15.7. The van der Waals surface area contributed by atoms with Crippen molar-refractivity contribution < 1.29 is 9.59 Å². The van der Waals surface area contributed by atoms with E-state index in [-0.39, 0.29) is 0 Å². The fourth-order valence-electron chi connectivity index (χ4n) is 0. The summed E-state index contributed by atoms with van der Waals surface area (Å²) in [5, 5.41) is 0. The van der Waals surface area contributed by atoms with E-state index < -0.39 is 12.1 Å². The molecule has 4 amide bonds. The van der Waals surface area contributed by atoms with Gasteiger partial charge in [-0.1, -0.05) is 6.08 Å². The summed E-state index contributed by atoms with van der Waals surface area (Å²) < 4.78 is 0. The highest BCUT2D eigenvalue weighted by Crippen LogP contribution is 1.38. The summed E-state index contributed by atoms with van der Waals surface area (Å²) in [5.74, 6) is 0. The smallest absolute Gasteiger partial charge is 0.309 e. The molecule has 0 aliphatic carbocycles. The van der Waals surface area contributed by atoms with Gasteiger partial charge in [0.25, 0.3) is 0 Å². The molecule has 0 aliphatic heterocycles. The Bertz CT molecular complexity index is 104. The van der Waals surface area contributed by atoms with Crippen molar-refractivity contribution in [1.29, 1.82) is 0 Å². The molecule has 0 radical (unpaired) electrons. The van der Waals surface area contributed by atoms with Crippen LogP contribution in [0, 0.1) is 0 Å². The van der Waals surface area contributed by atoms with Crippen LogP contribution in [-0.2, 0) is 0 Å². The van der Waals surface area contributed by atoms with Crippen molar-refractivity contribution in [2.24, 2.45) is 22.9 Å². The van der Waals surface area contributed by atoms with Gasteiger partial charge in [-0.3, -0.25) is 0 Å². The zero-order valence-electron chi connectivity index (χ0n) is 6.41. The number of hydrogen-bond donors (Lipinski definition) is 4. The molecular formula is C5H14N4O2. The van der Waals surface area contributed by atoms with Crippen LogP contribution in [0.2, 0.25) is 0 Å².